The Morgan fingerprint density at radius 1 is 1.22 bits per heavy atom. The lowest BCUT2D eigenvalue weighted by molar-refractivity contribution is -0.220. The number of hydrogen-bond acceptors (Lipinski definition) is 3. The van der Waals surface area contributed by atoms with E-state index in [-0.39, 0.29) is 11.7 Å². The first-order valence-electron chi connectivity index (χ1n) is 6.18. The number of allylic oxidation sites excluding steroid dienone is 1. The Bertz CT molecular complexity index is 400. The fourth-order valence-electron chi connectivity index (χ4n) is 1.87. The van der Waals surface area contributed by atoms with Crippen molar-refractivity contribution in [2.75, 3.05) is 13.2 Å². The molecular formula is C15H20O3. The van der Waals surface area contributed by atoms with Gasteiger partial charge in [-0.05, 0) is 5.56 Å². The van der Waals surface area contributed by atoms with Crippen LogP contribution in [0.25, 0.3) is 0 Å². The van der Waals surface area contributed by atoms with Crippen molar-refractivity contribution >= 4 is 0 Å². The van der Waals surface area contributed by atoms with Crippen LogP contribution in [0.15, 0.2) is 36.9 Å². The molecule has 3 heteroatoms. The molecule has 1 N–H and O–H groups in total. The van der Waals surface area contributed by atoms with Crippen LogP contribution in [0.5, 0.6) is 0 Å². The van der Waals surface area contributed by atoms with Crippen LogP contribution in [0.3, 0.4) is 0 Å². The predicted octanol–water partition coefficient (Wildman–Crippen LogP) is 2.56. The maximum absolute atomic E-state index is 9.30. The second-order valence-electron chi connectivity index (χ2n) is 5.20. The molecule has 0 atom stereocenters. The van der Waals surface area contributed by atoms with Crippen LogP contribution >= 0.6 is 0 Å². The molecule has 0 amide bonds. The van der Waals surface area contributed by atoms with Crippen LogP contribution in [0.2, 0.25) is 0 Å². The molecule has 18 heavy (non-hydrogen) atoms. The first-order valence-corrected chi connectivity index (χ1v) is 6.18. The summed E-state index contributed by atoms with van der Waals surface area (Å²) in [6.45, 7) is 8.75. The molecule has 0 spiro atoms. The van der Waals surface area contributed by atoms with E-state index in [4.69, 9.17) is 9.47 Å². The lowest BCUT2D eigenvalue weighted by atomic mass is 9.84. The van der Waals surface area contributed by atoms with Gasteiger partial charge >= 0.3 is 0 Å². The summed E-state index contributed by atoms with van der Waals surface area (Å²) < 4.78 is 10.9. The van der Waals surface area contributed by atoms with E-state index in [1.165, 1.54) is 5.56 Å². The monoisotopic (exact) mass is 248 g/mol. The number of rotatable bonds is 3. The van der Waals surface area contributed by atoms with Crippen LogP contribution in [0.4, 0.5) is 0 Å². The van der Waals surface area contributed by atoms with Gasteiger partial charge in [-0.1, -0.05) is 44.2 Å². The van der Waals surface area contributed by atoms with Gasteiger partial charge in [0, 0.05) is 11.0 Å². The van der Waals surface area contributed by atoms with Gasteiger partial charge in [0.25, 0.3) is 0 Å². The minimum Gasteiger partial charge on any atom is -0.388 e. The fraction of sp³-hybridized carbons (Fsp3) is 0.467. The largest absolute Gasteiger partial charge is 0.388 e. The molecular weight excluding hydrogens is 228 g/mol. The number of ether oxygens (including phenoxy) is 2. The van der Waals surface area contributed by atoms with Crippen LogP contribution < -0.4 is 0 Å². The van der Waals surface area contributed by atoms with E-state index in [0.29, 0.717) is 13.2 Å². The van der Waals surface area contributed by atoms with Crippen LogP contribution in [-0.4, -0.2) is 24.4 Å². The molecule has 1 aliphatic rings. The SMILES string of the molecule is C=CC(C)(C)c1ccc(C2OCC(O)CO2)cc1. The van der Waals surface area contributed by atoms with Crippen molar-refractivity contribution in [1.82, 2.24) is 0 Å². The second-order valence-corrected chi connectivity index (χ2v) is 5.20. The lowest BCUT2D eigenvalue weighted by Crippen LogP contribution is -2.31. The summed E-state index contributed by atoms with van der Waals surface area (Å²) in [6, 6.07) is 8.13. The lowest BCUT2D eigenvalue weighted by Gasteiger charge is -2.27. The molecule has 1 heterocycles. The summed E-state index contributed by atoms with van der Waals surface area (Å²) in [7, 11) is 0. The van der Waals surface area contributed by atoms with E-state index in [0.717, 1.165) is 5.56 Å². The predicted molar refractivity (Wildman–Crippen MR) is 70.3 cm³/mol. The van der Waals surface area contributed by atoms with Gasteiger partial charge in [0.2, 0.25) is 0 Å². The normalized spacial score (nSPS) is 24.8. The Morgan fingerprint density at radius 3 is 2.28 bits per heavy atom. The van der Waals surface area contributed by atoms with Crippen molar-refractivity contribution < 1.29 is 14.6 Å². The highest BCUT2D eigenvalue weighted by molar-refractivity contribution is 5.31. The Kier molecular flexibility index (Phi) is 3.85. The summed E-state index contributed by atoms with van der Waals surface area (Å²) in [5.41, 5.74) is 2.14. The molecule has 1 saturated heterocycles. The molecule has 2 rings (SSSR count). The van der Waals surface area contributed by atoms with E-state index in [9.17, 15) is 5.11 Å². The molecule has 1 fully saturated rings. The third-order valence-electron chi connectivity index (χ3n) is 3.32. The summed E-state index contributed by atoms with van der Waals surface area (Å²) in [4.78, 5) is 0. The first-order chi connectivity index (χ1) is 8.53. The Morgan fingerprint density at radius 2 is 1.78 bits per heavy atom. The van der Waals surface area contributed by atoms with Gasteiger partial charge < -0.3 is 14.6 Å². The van der Waals surface area contributed by atoms with Crippen LogP contribution in [-0.2, 0) is 14.9 Å². The number of aliphatic hydroxyl groups is 1. The van der Waals surface area contributed by atoms with Gasteiger partial charge in [-0.2, -0.15) is 0 Å². The number of benzene rings is 1. The molecule has 0 saturated carbocycles. The van der Waals surface area contributed by atoms with Crippen LogP contribution in [0.1, 0.15) is 31.3 Å². The highest BCUT2D eigenvalue weighted by Gasteiger charge is 2.22. The van der Waals surface area contributed by atoms with Crippen molar-refractivity contribution in [3.05, 3.63) is 48.0 Å². The van der Waals surface area contributed by atoms with E-state index < -0.39 is 6.10 Å². The Hall–Kier alpha value is -1.16. The quantitative estimate of drug-likeness (QED) is 0.835. The molecule has 0 aliphatic carbocycles. The fourth-order valence-corrected chi connectivity index (χ4v) is 1.87. The number of aliphatic hydroxyl groups excluding tert-OH is 1. The zero-order valence-electron chi connectivity index (χ0n) is 10.9. The smallest absolute Gasteiger partial charge is 0.184 e. The van der Waals surface area contributed by atoms with Gasteiger partial charge in [-0.25, -0.2) is 0 Å². The van der Waals surface area contributed by atoms with Gasteiger partial charge in [0.1, 0.15) is 6.10 Å². The third-order valence-corrected chi connectivity index (χ3v) is 3.32. The molecule has 1 aliphatic heterocycles. The molecule has 1 aromatic carbocycles. The molecule has 0 bridgehead atoms. The second kappa shape index (κ2) is 5.22. The first kappa shape index (κ1) is 13.3. The van der Waals surface area contributed by atoms with Gasteiger partial charge in [0.05, 0.1) is 13.2 Å². The maximum atomic E-state index is 9.30. The summed E-state index contributed by atoms with van der Waals surface area (Å²) in [5, 5.41) is 9.30. The summed E-state index contributed by atoms with van der Waals surface area (Å²) >= 11 is 0. The van der Waals surface area contributed by atoms with E-state index in [1.54, 1.807) is 0 Å². The molecule has 1 aromatic rings. The minimum absolute atomic E-state index is 0.0387. The van der Waals surface area contributed by atoms with E-state index in [2.05, 4.69) is 32.6 Å². The van der Waals surface area contributed by atoms with E-state index in [1.807, 2.05) is 18.2 Å². The third kappa shape index (κ3) is 2.80. The van der Waals surface area contributed by atoms with Crippen LogP contribution in [0, 0.1) is 0 Å². The molecule has 3 nitrogen and oxygen atoms in total. The molecule has 0 radical (unpaired) electrons. The average Bonchev–Trinajstić information content (AvgIpc) is 2.40. The molecule has 0 unspecified atom stereocenters. The Balaban J connectivity index is 2.10. The average molecular weight is 248 g/mol. The van der Waals surface area contributed by atoms with Crippen molar-refractivity contribution in [3.8, 4) is 0 Å². The maximum Gasteiger partial charge on any atom is 0.184 e. The van der Waals surface area contributed by atoms with E-state index >= 15 is 0 Å². The topological polar surface area (TPSA) is 38.7 Å². The highest BCUT2D eigenvalue weighted by Crippen LogP contribution is 2.28. The van der Waals surface area contributed by atoms with Gasteiger partial charge in [-0.3, -0.25) is 0 Å². The van der Waals surface area contributed by atoms with Crippen molar-refractivity contribution in [1.29, 1.82) is 0 Å². The zero-order chi connectivity index (χ0) is 13.2. The van der Waals surface area contributed by atoms with Gasteiger partial charge in [-0.15, -0.1) is 6.58 Å². The van der Waals surface area contributed by atoms with Crippen molar-refractivity contribution in [2.24, 2.45) is 0 Å². The van der Waals surface area contributed by atoms with Gasteiger partial charge in [0.15, 0.2) is 6.29 Å². The number of hydrogen-bond donors (Lipinski definition) is 1. The minimum atomic E-state index is -0.514. The standard InChI is InChI=1S/C15H20O3/c1-4-15(2,3)12-7-5-11(6-8-12)14-17-9-13(16)10-18-14/h4-8,13-14,16H,1,9-10H2,2-3H3. The molecule has 0 aromatic heterocycles. The van der Waals surface area contributed by atoms with Crippen molar-refractivity contribution in [2.45, 2.75) is 31.7 Å². The summed E-state index contributed by atoms with van der Waals surface area (Å²) in [6.07, 6.45) is 1.06. The molecule has 98 valence electrons. The zero-order valence-corrected chi connectivity index (χ0v) is 10.9. The highest BCUT2D eigenvalue weighted by atomic mass is 16.7. The summed E-state index contributed by atoms with van der Waals surface area (Å²) in [5.74, 6) is 0. The van der Waals surface area contributed by atoms with Crippen molar-refractivity contribution in [3.63, 3.8) is 0 Å². The Labute approximate surface area is 108 Å².